The normalized spacial score (nSPS) is 19.8. The van der Waals surface area contributed by atoms with Crippen LogP contribution in [-0.4, -0.2) is 76.8 Å². The van der Waals surface area contributed by atoms with Gasteiger partial charge < -0.3 is 5.32 Å². The van der Waals surface area contributed by atoms with Crippen molar-refractivity contribution in [2.24, 2.45) is 7.05 Å². The fourth-order valence-electron chi connectivity index (χ4n) is 4.67. The molecule has 1 aromatic heterocycles. The Balaban J connectivity index is 1.43. The van der Waals surface area contributed by atoms with Crippen molar-refractivity contribution < 1.29 is 13.2 Å². The molecule has 0 unspecified atom stereocenters. The number of hydrogen-bond acceptors (Lipinski definition) is 6. The second-order valence-electron chi connectivity index (χ2n) is 8.33. The number of aromatic nitrogens is 3. The summed E-state index contributed by atoms with van der Waals surface area (Å²) in [6.07, 6.45) is 5.44. The van der Waals surface area contributed by atoms with E-state index in [-0.39, 0.29) is 22.0 Å². The van der Waals surface area contributed by atoms with Gasteiger partial charge in [0.25, 0.3) is 15.9 Å². The molecule has 1 saturated heterocycles. The van der Waals surface area contributed by atoms with Crippen LogP contribution in [0.2, 0.25) is 10.0 Å². The Labute approximate surface area is 197 Å². The van der Waals surface area contributed by atoms with E-state index in [2.05, 4.69) is 20.5 Å². The summed E-state index contributed by atoms with van der Waals surface area (Å²) in [7, 11) is -2.03. The van der Waals surface area contributed by atoms with Crippen LogP contribution >= 0.6 is 23.2 Å². The molecule has 2 aliphatic rings. The zero-order valence-corrected chi connectivity index (χ0v) is 20.1. The molecule has 2 aromatic rings. The summed E-state index contributed by atoms with van der Waals surface area (Å²) in [5.74, 6) is -0.296. The molecule has 0 bridgehead atoms. The summed E-state index contributed by atoms with van der Waals surface area (Å²) in [6.45, 7) is 2.37. The molecule has 1 amide bonds. The van der Waals surface area contributed by atoms with Crippen LogP contribution in [0.15, 0.2) is 29.4 Å². The van der Waals surface area contributed by atoms with E-state index >= 15 is 0 Å². The Morgan fingerprint density at radius 3 is 2.31 bits per heavy atom. The van der Waals surface area contributed by atoms with Gasteiger partial charge in [-0.15, -0.1) is 5.10 Å². The first-order valence-electron chi connectivity index (χ1n) is 10.6. The van der Waals surface area contributed by atoms with Crippen LogP contribution in [0.5, 0.6) is 0 Å². The quantitative estimate of drug-likeness (QED) is 0.652. The van der Waals surface area contributed by atoms with Crippen LogP contribution < -0.4 is 5.32 Å². The SMILES string of the molecule is Cn1cc(S(=O)(=O)N2CCN(C3(CNC(=O)c4c(Cl)cccc4Cl)CCCC3)CC2)nn1. The lowest BCUT2D eigenvalue weighted by Crippen LogP contribution is -2.60. The van der Waals surface area contributed by atoms with Crippen LogP contribution in [0, 0.1) is 0 Å². The first-order chi connectivity index (χ1) is 15.2. The number of rotatable bonds is 6. The van der Waals surface area contributed by atoms with E-state index in [4.69, 9.17) is 23.2 Å². The van der Waals surface area contributed by atoms with E-state index in [1.807, 2.05) is 0 Å². The summed E-state index contributed by atoms with van der Waals surface area (Å²) < 4.78 is 28.5. The number of amides is 1. The molecule has 0 atom stereocenters. The van der Waals surface area contributed by atoms with E-state index in [9.17, 15) is 13.2 Å². The van der Waals surface area contributed by atoms with Gasteiger partial charge in [-0.2, -0.15) is 4.31 Å². The fourth-order valence-corrected chi connectivity index (χ4v) is 6.57. The van der Waals surface area contributed by atoms with Gasteiger partial charge in [-0.1, -0.05) is 47.3 Å². The minimum Gasteiger partial charge on any atom is -0.350 e. The van der Waals surface area contributed by atoms with Gasteiger partial charge in [0.1, 0.15) is 0 Å². The van der Waals surface area contributed by atoms with Crippen molar-refractivity contribution in [1.82, 2.24) is 29.5 Å². The zero-order valence-electron chi connectivity index (χ0n) is 17.8. The molecule has 1 N–H and O–H groups in total. The predicted molar refractivity (Wildman–Crippen MR) is 121 cm³/mol. The molecule has 0 spiro atoms. The van der Waals surface area contributed by atoms with E-state index in [1.54, 1.807) is 25.2 Å². The Kier molecular flexibility index (Phi) is 6.78. The summed E-state index contributed by atoms with van der Waals surface area (Å²) in [5, 5.41) is 11.1. The number of carbonyl (C=O) groups is 1. The minimum absolute atomic E-state index is 0.0343. The largest absolute Gasteiger partial charge is 0.350 e. The Morgan fingerprint density at radius 2 is 1.75 bits per heavy atom. The van der Waals surface area contributed by atoms with Gasteiger partial charge in [0, 0.05) is 45.3 Å². The zero-order chi connectivity index (χ0) is 22.9. The summed E-state index contributed by atoms with van der Waals surface area (Å²) in [5.41, 5.74) is 0.0788. The van der Waals surface area contributed by atoms with Crippen molar-refractivity contribution >= 4 is 39.1 Å². The average Bonchev–Trinajstić information content (AvgIpc) is 3.42. The second-order valence-corrected chi connectivity index (χ2v) is 11.0. The number of nitrogens with zero attached hydrogens (tertiary/aromatic N) is 5. The molecular weight excluding hydrogens is 475 g/mol. The third-order valence-corrected chi connectivity index (χ3v) is 8.79. The van der Waals surface area contributed by atoms with Crippen LogP contribution in [-0.2, 0) is 17.1 Å². The molecule has 12 heteroatoms. The van der Waals surface area contributed by atoms with Gasteiger partial charge in [-0.05, 0) is 25.0 Å². The lowest BCUT2D eigenvalue weighted by molar-refractivity contribution is 0.0539. The average molecular weight is 501 g/mol. The van der Waals surface area contributed by atoms with Gasteiger partial charge in [0.15, 0.2) is 0 Å². The van der Waals surface area contributed by atoms with E-state index in [0.717, 1.165) is 25.7 Å². The molecule has 174 valence electrons. The van der Waals surface area contributed by atoms with E-state index in [0.29, 0.717) is 42.8 Å². The van der Waals surface area contributed by atoms with Crippen molar-refractivity contribution in [2.45, 2.75) is 36.2 Å². The number of sulfonamides is 1. The van der Waals surface area contributed by atoms with Crippen molar-refractivity contribution in [3.8, 4) is 0 Å². The van der Waals surface area contributed by atoms with Crippen molar-refractivity contribution in [3.05, 3.63) is 40.0 Å². The van der Waals surface area contributed by atoms with Crippen molar-refractivity contribution in [3.63, 3.8) is 0 Å². The molecule has 9 nitrogen and oxygen atoms in total. The molecule has 4 rings (SSSR count). The maximum atomic E-state index is 12.9. The Hall–Kier alpha value is -1.72. The molecule has 2 fully saturated rings. The molecule has 1 saturated carbocycles. The van der Waals surface area contributed by atoms with Gasteiger partial charge in [-0.3, -0.25) is 14.4 Å². The molecule has 0 radical (unpaired) electrons. The Bertz CT molecular complexity index is 1070. The maximum Gasteiger partial charge on any atom is 0.264 e. The number of piperazine rings is 1. The molecule has 1 aromatic carbocycles. The number of aryl methyl sites for hydroxylation is 1. The first-order valence-corrected chi connectivity index (χ1v) is 12.8. The molecule has 1 aliphatic carbocycles. The molecule has 2 heterocycles. The summed E-state index contributed by atoms with van der Waals surface area (Å²) in [4.78, 5) is 15.1. The lowest BCUT2D eigenvalue weighted by atomic mass is 9.93. The number of benzene rings is 1. The number of nitrogens with one attached hydrogen (secondary N) is 1. The smallest absolute Gasteiger partial charge is 0.264 e. The maximum absolute atomic E-state index is 12.9. The first kappa shape index (κ1) is 23.4. The standard InChI is InChI=1S/C20H26Cl2N6O3S/c1-26-13-17(24-25-26)32(30,31)28-11-9-27(10-12-28)20(7-2-3-8-20)14-23-19(29)18-15(21)5-4-6-16(18)22/h4-6,13H,2-3,7-12,14H2,1H3,(H,23,29). The number of hydrogen-bond donors (Lipinski definition) is 1. The van der Waals surface area contributed by atoms with Crippen LogP contribution in [0.1, 0.15) is 36.0 Å². The topological polar surface area (TPSA) is 100 Å². The van der Waals surface area contributed by atoms with Crippen LogP contribution in [0.25, 0.3) is 0 Å². The third kappa shape index (κ3) is 4.51. The van der Waals surface area contributed by atoms with Gasteiger partial charge in [0.05, 0.1) is 21.8 Å². The molecule has 32 heavy (non-hydrogen) atoms. The van der Waals surface area contributed by atoms with E-state index < -0.39 is 10.0 Å². The Morgan fingerprint density at radius 1 is 1.12 bits per heavy atom. The van der Waals surface area contributed by atoms with E-state index in [1.165, 1.54) is 15.2 Å². The molecular formula is C20H26Cl2N6O3S. The van der Waals surface area contributed by atoms with Crippen LogP contribution in [0.4, 0.5) is 0 Å². The predicted octanol–water partition coefficient (Wildman–Crippen LogP) is 2.17. The number of carbonyl (C=O) groups excluding carboxylic acids is 1. The van der Waals surface area contributed by atoms with Gasteiger partial charge in [0.2, 0.25) is 5.03 Å². The van der Waals surface area contributed by atoms with Crippen molar-refractivity contribution in [1.29, 1.82) is 0 Å². The molecule has 1 aliphatic heterocycles. The van der Waals surface area contributed by atoms with Crippen LogP contribution in [0.3, 0.4) is 0 Å². The highest BCUT2D eigenvalue weighted by atomic mass is 35.5. The summed E-state index contributed by atoms with van der Waals surface area (Å²) in [6, 6.07) is 4.99. The monoisotopic (exact) mass is 500 g/mol. The summed E-state index contributed by atoms with van der Waals surface area (Å²) >= 11 is 12.4. The second kappa shape index (κ2) is 9.26. The van der Waals surface area contributed by atoms with Gasteiger partial charge >= 0.3 is 0 Å². The highest BCUT2D eigenvalue weighted by Gasteiger charge is 2.42. The highest BCUT2D eigenvalue weighted by Crippen LogP contribution is 2.36. The minimum atomic E-state index is -3.67. The number of halogens is 2. The highest BCUT2D eigenvalue weighted by molar-refractivity contribution is 7.89. The van der Waals surface area contributed by atoms with Crippen molar-refractivity contribution in [2.75, 3.05) is 32.7 Å². The fraction of sp³-hybridized carbons (Fsp3) is 0.550. The van der Waals surface area contributed by atoms with Gasteiger partial charge in [-0.25, -0.2) is 8.42 Å². The lowest BCUT2D eigenvalue weighted by Gasteiger charge is -2.45. The third-order valence-electron chi connectivity index (χ3n) is 6.40.